The molecule has 1 aliphatic rings. The summed E-state index contributed by atoms with van der Waals surface area (Å²) in [7, 11) is 0. The molecule has 1 amide bonds. The Labute approximate surface area is 127 Å². The van der Waals surface area contributed by atoms with Crippen LogP contribution in [0.1, 0.15) is 48.0 Å². The van der Waals surface area contributed by atoms with Crippen LogP contribution >= 0.6 is 0 Å². The van der Waals surface area contributed by atoms with Crippen molar-refractivity contribution in [2.24, 2.45) is 0 Å². The molecule has 6 nitrogen and oxygen atoms in total. The van der Waals surface area contributed by atoms with Crippen molar-refractivity contribution >= 4 is 11.6 Å². The van der Waals surface area contributed by atoms with E-state index in [-0.39, 0.29) is 11.6 Å². The van der Waals surface area contributed by atoms with Crippen LogP contribution < -0.4 is 10.9 Å². The number of hydrogen-bond donors (Lipinski definition) is 2. The van der Waals surface area contributed by atoms with Crippen molar-refractivity contribution in [3.8, 4) is 5.88 Å². The SMILES string of the molecule is Cc1ccc2nc(O)c(C(=O)NC3CCCCC3)c(=O)n2c1. The number of nitrogens with zero attached hydrogens (tertiary/aromatic N) is 2. The minimum absolute atomic E-state index is 0.0678. The highest BCUT2D eigenvalue weighted by molar-refractivity contribution is 5.96. The van der Waals surface area contributed by atoms with Crippen LogP contribution in [0.25, 0.3) is 5.65 Å². The summed E-state index contributed by atoms with van der Waals surface area (Å²) in [5.74, 6) is -1.06. The maximum Gasteiger partial charge on any atom is 0.274 e. The van der Waals surface area contributed by atoms with Crippen LogP contribution in [0.2, 0.25) is 0 Å². The predicted molar refractivity (Wildman–Crippen MR) is 82.2 cm³/mol. The summed E-state index contributed by atoms with van der Waals surface area (Å²) in [4.78, 5) is 28.8. The molecule has 1 saturated carbocycles. The van der Waals surface area contributed by atoms with Gasteiger partial charge in [0.15, 0.2) is 5.56 Å². The van der Waals surface area contributed by atoms with E-state index in [9.17, 15) is 14.7 Å². The molecule has 1 aliphatic carbocycles. The maximum absolute atomic E-state index is 12.5. The van der Waals surface area contributed by atoms with Crippen molar-refractivity contribution < 1.29 is 9.90 Å². The molecule has 1 fully saturated rings. The first kappa shape index (κ1) is 14.6. The van der Waals surface area contributed by atoms with Crippen molar-refractivity contribution in [1.29, 1.82) is 0 Å². The number of carbonyl (C=O) groups excluding carboxylic acids is 1. The molecule has 0 aromatic carbocycles. The van der Waals surface area contributed by atoms with E-state index in [1.165, 1.54) is 10.8 Å². The van der Waals surface area contributed by atoms with Gasteiger partial charge in [-0.15, -0.1) is 0 Å². The molecular formula is C16H19N3O3. The Bertz CT molecular complexity index is 776. The molecule has 116 valence electrons. The van der Waals surface area contributed by atoms with Crippen molar-refractivity contribution in [1.82, 2.24) is 14.7 Å². The third-order valence-corrected chi connectivity index (χ3v) is 4.12. The fraction of sp³-hybridized carbons (Fsp3) is 0.438. The van der Waals surface area contributed by atoms with E-state index < -0.39 is 17.3 Å². The second-order valence-corrected chi connectivity index (χ2v) is 5.86. The molecule has 22 heavy (non-hydrogen) atoms. The highest BCUT2D eigenvalue weighted by Gasteiger charge is 2.23. The lowest BCUT2D eigenvalue weighted by Crippen LogP contribution is -2.39. The summed E-state index contributed by atoms with van der Waals surface area (Å²) >= 11 is 0. The maximum atomic E-state index is 12.5. The van der Waals surface area contributed by atoms with Gasteiger partial charge in [-0.3, -0.25) is 14.0 Å². The van der Waals surface area contributed by atoms with Gasteiger partial charge in [-0.05, 0) is 31.4 Å². The van der Waals surface area contributed by atoms with Gasteiger partial charge in [0.2, 0.25) is 5.88 Å². The van der Waals surface area contributed by atoms with E-state index in [0.717, 1.165) is 31.2 Å². The zero-order valence-electron chi connectivity index (χ0n) is 12.5. The zero-order valence-corrected chi connectivity index (χ0v) is 12.5. The standard InChI is InChI=1S/C16H19N3O3/c1-10-7-8-12-18-15(21)13(16(22)19(12)9-10)14(20)17-11-5-3-2-4-6-11/h7-9,11,21H,2-6H2,1H3,(H,17,20). The minimum Gasteiger partial charge on any atom is -0.493 e. The Morgan fingerprint density at radius 2 is 2.05 bits per heavy atom. The lowest BCUT2D eigenvalue weighted by molar-refractivity contribution is 0.0922. The Morgan fingerprint density at radius 1 is 1.32 bits per heavy atom. The fourth-order valence-electron chi connectivity index (χ4n) is 2.94. The molecule has 0 bridgehead atoms. The molecule has 2 N–H and O–H groups in total. The van der Waals surface area contributed by atoms with E-state index in [1.54, 1.807) is 18.3 Å². The summed E-state index contributed by atoms with van der Waals surface area (Å²) in [6.07, 6.45) is 6.76. The number of aromatic nitrogens is 2. The Kier molecular flexibility index (Phi) is 3.83. The minimum atomic E-state index is -0.544. The number of aryl methyl sites for hydroxylation is 1. The zero-order chi connectivity index (χ0) is 15.7. The second-order valence-electron chi connectivity index (χ2n) is 5.86. The number of carbonyl (C=O) groups is 1. The van der Waals surface area contributed by atoms with Crippen LogP contribution in [-0.4, -0.2) is 26.4 Å². The van der Waals surface area contributed by atoms with Gasteiger partial charge in [0.05, 0.1) is 0 Å². The molecule has 2 aromatic rings. The smallest absolute Gasteiger partial charge is 0.274 e. The molecule has 0 radical (unpaired) electrons. The van der Waals surface area contributed by atoms with Gasteiger partial charge in [0.25, 0.3) is 11.5 Å². The highest BCUT2D eigenvalue weighted by atomic mass is 16.3. The first-order valence-electron chi connectivity index (χ1n) is 7.59. The normalized spacial score (nSPS) is 15.9. The van der Waals surface area contributed by atoms with Crippen molar-refractivity contribution in [2.75, 3.05) is 0 Å². The van der Waals surface area contributed by atoms with E-state index >= 15 is 0 Å². The fourth-order valence-corrected chi connectivity index (χ4v) is 2.94. The Balaban J connectivity index is 1.98. The first-order valence-corrected chi connectivity index (χ1v) is 7.59. The number of fused-ring (bicyclic) bond motifs is 1. The third kappa shape index (κ3) is 2.68. The van der Waals surface area contributed by atoms with Crippen LogP contribution in [-0.2, 0) is 0 Å². The Hall–Kier alpha value is -2.37. The quantitative estimate of drug-likeness (QED) is 0.885. The lowest BCUT2D eigenvalue weighted by Gasteiger charge is -2.22. The first-order chi connectivity index (χ1) is 10.6. The number of nitrogens with one attached hydrogen (secondary N) is 1. The second kappa shape index (κ2) is 5.79. The lowest BCUT2D eigenvalue weighted by atomic mass is 9.95. The monoisotopic (exact) mass is 301 g/mol. The van der Waals surface area contributed by atoms with Crippen LogP contribution in [0.15, 0.2) is 23.1 Å². The molecule has 0 spiro atoms. The molecule has 0 aliphatic heterocycles. The van der Waals surface area contributed by atoms with Gasteiger partial charge >= 0.3 is 0 Å². The summed E-state index contributed by atoms with van der Waals surface area (Å²) < 4.78 is 1.30. The molecule has 2 heterocycles. The van der Waals surface area contributed by atoms with Crippen molar-refractivity contribution in [3.63, 3.8) is 0 Å². The number of pyridine rings is 1. The summed E-state index contributed by atoms with van der Waals surface area (Å²) in [6.45, 7) is 1.85. The summed E-state index contributed by atoms with van der Waals surface area (Å²) in [5, 5.41) is 12.8. The average molecular weight is 301 g/mol. The van der Waals surface area contributed by atoms with Gasteiger partial charge in [-0.25, -0.2) is 0 Å². The Morgan fingerprint density at radius 3 is 2.77 bits per heavy atom. The van der Waals surface area contributed by atoms with Crippen LogP contribution in [0.5, 0.6) is 5.88 Å². The van der Waals surface area contributed by atoms with Crippen LogP contribution in [0, 0.1) is 6.92 Å². The van der Waals surface area contributed by atoms with Gasteiger partial charge < -0.3 is 10.4 Å². The number of hydrogen-bond acceptors (Lipinski definition) is 4. The highest BCUT2D eigenvalue weighted by Crippen LogP contribution is 2.18. The van der Waals surface area contributed by atoms with Gasteiger partial charge in [0, 0.05) is 12.2 Å². The topological polar surface area (TPSA) is 83.7 Å². The van der Waals surface area contributed by atoms with E-state index in [1.807, 2.05) is 6.92 Å². The molecule has 6 heteroatoms. The van der Waals surface area contributed by atoms with Gasteiger partial charge in [-0.1, -0.05) is 25.3 Å². The van der Waals surface area contributed by atoms with E-state index in [2.05, 4.69) is 10.3 Å². The van der Waals surface area contributed by atoms with E-state index in [0.29, 0.717) is 5.65 Å². The van der Waals surface area contributed by atoms with E-state index in [4.69, 9.17) is 0 Å². The number of rotatable bonds is 2. The van der Waals surface area contributed by atoms with Crippen molar-refractivity contribution in [2.45, 2.75) is 45.1 Å². The van der Waals surface area contributed by atoms with Gasteiger partial charge in [0.1, 0.15) is 5.65 Å². The van der Waals surface area contributed by atoms with Crippen LogP contribution in [0.3, 0.4) is 0 Å². The average Bonchev–Trinajstić information content (AvgIpc) is 2.49. The summed E-state index contributed by atoms with van der Waals surface area (Å²) in [5.41, 5.74) is 0.372. The molecule has 0 unspecified atom stereocenters. The third-order valence-electron chi connectivity index (χ3n) is 4.12. The van der Waals surface area contributed by atoms with Crippen LogP contribution in [0.4, 0.5) is 0 Å². The predicted octanol–water partition coefficient (Wildman–Crippen LogP) is 1.77. The molecular weight excluding hydrogens is 282 g/mol. The molecule has 0 saturated heterocycles. The number of amides is 1. The summed E-state index contributed by atoms with van der Waals surface area (Å²) in [6, 6.07) is 3.50. The molecule has 0 atom stereocenters. The molecule has 3 rings (SSSR count). The number of aromatic hydroxyl groups is 1. The largest absolute Gasteiger partial charge is 0.493 e. The van der Waals surface area contributed by atoms with Crippen molar-refractivity contribution in [3.05, 3.63) is 39.8 Å². The molecule has 2 aromatic heterocycles. The van der Waals surface area contributed by atoms with Gasteiger partial charge in [-0.2, -0.15) is 4.98 Å².